The SMILES string of the molecule is COCC(C)NCCn1ccc(C)cc1=O. The summed E-state index contributed by atoms with van der Waals surface area (Å²) < 4.78 is 6.72. The van der Waals surface area contributed by atoms with Crippen LogP contribution in [-0.2, 0) is 11.3 Å². The summed E-state index contributed by atoms with van der Waals surface area (Å²) in [6.45, 7) is 6.12. The molecule has 0 aliphatic rings. The summed E-state index contributed by atoms with van der Waals surface area (Å²) in [4.78, 5) is 11.6. The minimum atomic E-state index is 0.0567. The highest BCUT2D eigenvalue weighted by atomic mass is 16.5. The van der Waals surface area contributed by atoms with Crippen LogP contribution >= 0.6 is 0 Å². The zero-order valence-corrected chi connectivity index (χ0v) is 10.2. The standard InChI is InChI=1S/C12H20N2O2/c1-10-4-6-14(12(15)8-10)7-5-13-11(2)9-16-3/h4,6,8,11,13H,5,7,9H2,1-3H3. The molecule has 0 bridgehead atoms. The molecule has 0 amide bonds. The van der Waals surface area contributed by atoms with Crippen LogP contribution < -0.4 is 10.9 Å². The summed E-state index contributed by atoms with van der Waals surface area (Å²) in [7, 11) is 1.68. The number of aryl methyl sites for hydroxylation is 1. The Kier molecular flexibility index (Phi) is 5.22. The second-order valence-electron chi connectivity index (χ2n) is 4.05. The van der Waals surface area contributed by atoms with E-state index >= 15 is 0 Å². The van der Waals surface area contributed by atoms with E-state index in [1.54, 1.807) is 17.7 Å². The van der Waals surface area contributed by atoms with Crippen LogP contribution in [0.4, 0.5) is 0 Å². The first-order valence-electron chi connectivity index (χ1n) is 5.53. The lowest BCUT2D eigenvalue weighted by Crippen LogP contribution is -2.34. The molecule has 1 N–H and O–H groups in total. The third-order valence-corrected chi connectivity index (χ3v) is 2.41. The topological polar surface area (TPSA) is 43.3 Å². The average Bonchev–Trinajstić information content (AvgIpc) is 2.22. The maximum absolute atomic E-state index is 11.6. The summed E-state index contributed by atoms with van der Waals surface area (Å²) in [5.74, 6) is 0. The number of hydrogen-bond acceptors (Lipinski definition) is 3. The monoisotopic (exact) mass is 224 g/mol. The van der Waals surface area contributed by atoms with Gasteiger partial charge in [-0.15, -0.1) is 0 Å². The van der Waals surface area contributed by atoms with Gasteiger partial charge in [-0.1, -0.05) is 0 Å². The van der Waals surface area contributed by atoms with Crippen molar-refractivity contribution in [1.82, 2.24) is 9.88 Å². The number of rotatable bonds is 6. The molecule has 1 aromatic rings. The van der Waals surface area contributed by atoms with Crippen molar-refractivity contribution in [3.05, 3.63) is 34.2 Å². The van der Waals surface area contributed by atoms with Crippen molar-refractivity contribution < 1.29 is 4.74 Å². The molecule has 4 heteroatoms. The summed E-state index contributed by atoms with van der Waals surface area (Å²) in [6, 6.07) is 3.91. The first-order chi connectivity index (χ1) is 7.63. The summed E-state index contributed by atoms with van der Waals surface area (Å²) in [5, 5.41) is 3.29. The zero-order chi connectivity index (χ0) is 12.0. The molecule has 1 heterocycles. The van der Waals surface area contributed by atoms with E-state index in [2.05, 4.69) is 12.2 Å². The van der Waals surface area contributed by atoms with Crippen LogP contribution in [0.1, 0.15) is 12.5 Å². The number of nitrogens with one attached hydrogen (secondary N) is 1. The smallest absolute Gasteiger partial charge is 0.250 e. The van der Waals surface area contributed by atoms with Crippen LogP contribution in [0.3, 0.4) is 0 Å². The number of aromatic nitrogens is 1. The van der Waals surface area contributed by atoms with E-state index < -0.39 is 0 Å². The molecule has 1 rings (SSSR count). The van der Waals surface area contributed by atoms with Crippen molar-refractivity contribution in [3.63, 3.8) is 0 Å². The van der Waals surface area contributed by atoms with E-state index in [9.17, 15) is 4.79 Å². The molecule has 0 aromatic carbocycles. The zero-order valence-electron chi connectivity index (χ0n) is 10.2. The van der Waals surface area contributed by atoms with Gasteiger partial charge in [-0.25, -0.2) is 0 Å². The summed E-state index contributed by atoms with van der Waals surface area (Å²) >= 11 is 0. The lowest BCUT2D eigenvalue weighted by Gasteiger charge is -2.13. The molecule has 1 atom stereocenters. The Hall–Kier alpha value is -1.13. The van der Waals surface area contributed by atoms with Gasteiger partial charge in [0.05, 0.1) is 6.61 Å². The Morgan fingerprint density at radius 2 is 2.31 bits per heavy atom. The molecule has 0 aliphatic heterocycles. The maximum atomic E-state index is 11.6. The minimum absolute atomic E-state index is 0.0567. The van der Waals surface area contributed by atoms with Crippen molar-refractivity contribution in [2.24, 2.45) is 0 Å². The van der Waals surface area contributed by atoms with Gasteiger partial charge >= 0.3 is 0 Å². The molecular weight excluding hydrogens is 204 g/mol. The van der Waals surface area contributed by atoms with E-state index in [0.717, 1.165) is 12.1 Å². The molecule has 1 unspecified atom stereocenters. The fourth-order valence-electron chi connectivity index (χ4n) is 1.53. The van der Waals surface area contributed by atoms with Crippen LogP contribution in [0.25, 0.3) is 0 Å². The van der Waals surface area contributed by atoms with Crippen LogP contribution in [0.2, 0.25) is 0 Å². The Labute approximate surface area is 96.2 Å². The quantitative estimate of drug-likeness (QED) is 0.776. The summed E-state index contributed by atoms with van der Waals surface area (Å²) in [6.07, 6.45) is 1.83. The van der Waals surface area contributed by atoms with Crippen molar-refractivity contribution in [1.29, 1.82) is 0 Å². The van der Waals surface area contributed by atoms with Gasteiger partial charge < -0.3 is 14.6 Å². The third kappa shape index (κ3) is 4.16. The fraction of sp³-hybridized carbons (Fsp3) is 0.583. The van der Waals surface area contributed by atoms with Gasteiger partial charge in [-0.2, -0.15) is 0 Å². The number of nitrogens with zero attached hydrogens (tertiary/aromatic N) is 1. The van der Waals surface area contributed by atoms with Gasteiger partial charge in [0, 0.05) is 38.5 Å². The van der Waals surface area contributed by atoms with E-state index in [4.69, 9.17) is 4.74 Å². The van der Waals surface area contributed by atoms with Gasteiger partial charge in [0.25, 0.3) is 5.56 Å². The molecule has 0 aliphatic carbocycles. The molecule has 0 radical (unpaired) electrons. The molecule has 0 fully saturated rings. The van der Waals surface area contributed by atoms with Crippen molar-refractivity contribution in [3.8, 4) is 0 Å². The van der Waals surface area contributed by atoms with Gasteiger partial charge in [-0.05, 0) is 25.5 Å². The van der Waals surface area contributed by atoms with Gasteiger partial charge in [0.2, 0.25) is 0 Å². The number of methoxy groups -OCH3 is 1. The first-order valence-corrected chi connectivity index (χ1v) is 5.53. The van der Waals surface area contributed by atoms with Crippen LogP contribution in [0, 0.1) is 6.92 Å². The van der Waals surface area contributed by atoms with E-state index in [1.807, 2.05) is 19.2 Å². The molecule has 4 nitrogen and oxygen atoms in total. The normalized spacial score (nSPS) is 12.7. The predicted octanol–water partition coefficient (Wildman–Crippen LogP) is 0.781. The van der Waals surface area contributed by atoms with E-state index in [1.165, 1.54) is 0 Å². The molecule has 90 valence electrons. The van der Waals surface area contributed by atoms with Crippen molar-refractivity contribution in [2.45, 2.75) is 26.4 Å². The van der Waals surface area contributed by atoms with Crippen LogP contribution in [-0.4, -0.2) is 30.9 Å². The van der Waals surface area contributed by atoms with Crippen molar-refractivity contribution in [2.75, 3.05) is 20.3 Å². The second-order valence-corrected chi connectivity index (χ2v) is 4.05. The highest BCUT2D eigenvalue weighted by Crippen LogP contribution is 1.90. The largest absolute Gasteiger partial charge is 0.383 e. The first kappa shape index (κ1) is 12.9. The number of ether oxygens (including phenoxy) is 1. The number of pyridine rings is 1. The van der Waals surface area contributed by atoms with Gasteiger partial charge in [-0.3, -0.25) is 4.79 Å². The molecule has 16 heavy (non-hydrogen) atoms. The summed E-state index contributed by atoms with van der Waals surface area (Å²) in [5.41, 5.74) is 1.06. The molecule has 1 aromatic heterocycles. The van der Waals surface area contributed by atoms with Gasteiger partial charge in [0.15, 0.2) is 0 Å². The lowest BCUT2D eigenvalue weighted by atomic mass is 10.3. The van der Waals surface area contributed by atoms with Crippen LogP contribution in [0.15, 0.2) is 23.1 Å². The number of hydrogen-bond donors (Lipinski definition) is 1. The Bertz CT molecular complexity index is 374. The third-order valence-electron chi connectivity index (χ3n) is 2.41. The molecule has 0 saturated carbocycles. The maximum Gasteiger partial charge on any atom is 0.250 e. The highest BCUT2D eigenvalue weighted by molar-refractivity contribution is 5.07. The fourth-order valence-corrected chi connectivity index (χ4v) is 1.53. The van der Waals surface area contributed by atoms with E-state index in [0.29, 0.717) is 19.2 Å². The highest BCUT2D eigenvalue weighted by Gasteiger charge is 2.00. The molecule has 0 saturated heterocycles. The average molecular weight is 224 g/mol. The molecule has 0 spiro atoms. The minimum Gasteiger partial charge on any atom is -0.383 e. The lowest BCUT2D eigenvalue weighted by molar-refractivity contribution is 0.172. The van der Waals surface area contributed by atoms with Crippen LogP contribution in [0.5, 0.6) is 0 Å². The van der Waals surface area contributed by atoms with E-state index in [-0.39, 0.29) is 5.56 Å². The predicted molar refractivity (Wildman–Crippen MR) is 64.8 cm³/mol. The Morgan fingerprint density at radius 1 is 1.56 bits per heavy atom. The Balaban J connectivity index is 2.40. The second kappa shape index (κ2) is 6.45. The Morgan fingerprint density at radius 3 is 2.94 bits per heavy atom. The molecular formula is C12H20N2O2. The van der Waals surface area contributed by atoms with Gasteiger partial charge in [0.1, 0.15) is 0 Å². The van der Waals surface area contributed by atoms with Crippen molar-refractivity contribution >= 4 is 0 Å².